The van der Waals surface area contributed by atoms with Crippen LogP contribution in [-0.4, -0.2) is 124 Å². The lowest BCUT2D eigenvalue weighted by molar-refractivity contribution is -0.142. The van der Waals surface area contributed by atoms with Crippen LogP contribution >= 0.6 is 11.3 Å². The molecule has 358 valence electrons. The first-order chi connectivity index (χ1) is 31.3. The predicted octanol–water partition coefficient (Wildman–Crippen LogP) is 4.49. The number of nitrogens with one attached hydrogen (secondary N) is 4. The number of alkyl carbamates (subject to hydrolysis) is 2. The van der Waals surface area contributed by atoms with Crippen molar-refractivity contribution in [2.45, 2.75) is 132 Å². The van der Waals surface area contributed by atoms with Crippen LogP contribution in [0.25, 0.3) is 11.3 Å². The molecule has 3 aliphatic heterocycles. The molecule has 2 saturated heterocycles. The quantitative estimate of drug-likeness (QED) is 0.219. The molecule has 2 aromatic rings. The van der Waals surface area contributed by atoms with E-state index in [4.69, 9.17) is 9.47 Å². The van der Waals surface area contributed by atoms with Crippen LogP contribution in [0.1, 0.15) is 108 Å². The smallest absolute Gasteiger partial charge is 0.408 e. The highest BCUT2D eigenvalue weighted by atomic mass is 32.2. The molecule has 66 heavy (non-hydrogen) atoms. The van der Waals surface area contributed by atoms with Crippen molar-refractivity contribution in [2.24, 2.45) is 17.8 Å². The summed E-state index contributed by atoms with van der Waals surface area (Å²) in [4.78, 5) is 91.5. The van der Waals surface area contributed by atoms with Crippen LogP contribution in [-0.2, 0) is 33.9 Å². The standard InChI is InChI=1S/C45H58FN7O11S2/c1-43(2,3)64-42(60)50-44(17-9-10-18-44)25-63-41(59)48-32-12-8-6-4-5-7-11-28-20-45(28,40(58)51-66(61,62)29-14-15-29)49-36(55)35-30-23-52(21-27(30)22-53(35)38(32)56)39(57)37-47-33(24-65-37)26-13-16-34(54)31(46)19-26/h7,11,13,16,19,24,27-30,32,35,54H,4-6,8-10,12,14-15,17-18,20-23,25H2,1-3H3,(H,48,59)(H,49,55)(H,50,60)(H,51,58)/b11-7-/t27-,28+,30-,32-,35-,45-/m0/s1. The molecule has 6 atom stereocenters. The molecule has 1 aromatic carbocycles. The summed E-state index contributed by atoms with van der Waals surface area (Å²) < 4.78 is 53.6. The lowest BCUT2D eigenvalue weighted by atomic mass is 9.93. The molecule has 0 unspecified atom stereocenters. The van der Waals surface area contributed by atoms with E-state index in [-0.39, 0.29) is 44.1 Å². The highest BCUT2D eigenvalue weighted by Crippen LogP contribution is 2.47. The minimum absolute atomic E-state index is 0.0238. The predicted molar refractivity (Wildman–Crippen MR) is 238 cm³/mol. The van der Waals surface area contributed by atoms with Crippen molar-refractivity contribution in [1.29, 1.82) is 0 Å². The van der Waals surface area contributed by atoms with E-state index >= 15 is 0 Å². The summed E-state index contributed by atoms with van der Waals surface area (Å²) >= 11 is 1.05. The summed E-state index contributed by atoms with van der Waals surface area (Å²) in [6.45, 7) is 5.28. The van der Waals surface area contributed by atoms with Gasteiger partial charge < -0.3 is 40.3 Å². The number of amides is 6. The second-order valence-corrected chi connectivity index (χ2v) is 22.5. The molecule has 6 aliphatic rings. The second-order valence-electron chi connectivity index (χ2n) is 19.7. The molecule has 0 bridgehead atoms. The average Bonchev–Trinajstić information content (AvgIpc) is 3.94. The van der Waals surface area contributed by atoms with Crippen LogP contribution in [0.3, 0.4) is 0 Å². The number of thiazole rings is 1. The third-order valence-corrected chi connectivity index (χ3v) is 16.2. The molecule has 4 heterocycles. The van der Waals surface area contributed by atoms with Crippen LogP contribution < -0.4 is 20.7 Å². The van der Waals surface area contributed by atoms with Gasteiger partial charge in [-0.3, -0.25) is 23.9 Å². The summed E-state index contributed by atoms with van der Waals surface area (Å²) in [7, 11) is -3.98. The number of hydrogen-bond donors (Lipinski definition) is 5. The Kier molecular flexibility index (Phi) is 13.2. The number of hydrogen-bond acceptors (Lipinski definition) is 13. The lowest BCUT2D eigenvalue weighted by Crippen LogP contribution is -2.60. The number of halogens is 1. The number of carbonyl (C=O) groups is 6. The van der Waals surface area contributed by atoms with Gasteiger partial charge in [-0.15, -0.1) is 11.3 Å². The normalized spacial score (nSPS) is 28.1. The van der Waals surface area contributed by atoms with E-state index < -0.39 is 109 Å². The number of fused-ring (bicyclic) bond motifs is 4. The largest absolute Gasteiger partial charge is 0.505 e. The summed E-state index contributed by atoms with van der Waals surface area (Å²) in [5, 5.41) is 19.2. The number of aromatic nitrogens is 1. The minimum Gasteiger partial charge on any atom is -0.505 e. The van der Waals surface area contributed by atoms with E-state index in [0.717, 1.165) is 36.7 Å². The molecule has 3 saturated carbocycles. The first-order valence-electron chi connectivity index (χ1n) is 22.8. The zero-order valence-electron chi connectivity index (χ0n) is 37.3. The zero-order valence-corrected chi connectivity index (χ0v) is 38.9. The van der Waals surface area contributed by atoms with E-state index in [1.807, 2.05) is 12.2 Å². The van der Waals surface area contributed by atoms with Crippen molar-refractivity contribution in [2.75, 3.05) is 26.2 Å². The molecule has 5 N–H and O–H groups in total. The van der Waals surface area contributed by atoms with Crippen molar-refractivity contribution >= 4 is 57.2 Å². The fourth-order valence-electron chi connectivity index (χ4n) is 9.81. The van der Waals surface area contributed by atoms with Gasteiger partial charge in [-0.1, -0.05) is 37.8 Å². The van der Waals surface area contributed by atoms with Crippen LogP contribution in [0, 0.1) is 23.6 Å². The number of carbonyl (C=O) groups excluding carboxylic acids is 6. The molecule has 1 aromatic heterocycles. The van der Waals surface area contributed by atoms with Gasteiger partial charge in [0.15, 0.2) is 16.6 Å². The number of likely N-dealkylation sites (tertiary alicyclic amines) is 1. The lowest BCUT2D eigenvalue weighted by Gasteiger charge is -2.33. The number of ether oxygens (including phenoxy) is 2. The van der Waals surface area contributed by atoms with Crippen LogP contribution in [0.5, 0.6) is 5.75 Å². The van der Waals surface area contributed by atoms with Gasteiger partial charge in [0.1, 0.15) is 29.8 Å². The van der Waals surface area contributed by atoms with Crippen LogP contribution in [0.4, 0.5) is 14.0 Å². The summed E-state index contributed by atoms with van der Waals surface area (Å²) in [6, 6.07) is 1.43. The molecule has 0 spiro atoms. The molecular weight excluding hydrogens is 898 g/mol. The average molecular weight is 956 g/mol. The van der Waals surface area contributed by atoms with Crippen molar-refractivity contribution in [3.05, 3.63) is 46.6 Å². The van der Waals surface area contributed by atoms with Crippen molar-refractivity contribution < 1.29 is 56.2 Å². The maximum Gasteiger partial charge on any atom is 0.408 e. The van der Waals surface area contributed by atoms with Crippen molar-refractivity contribution in [3.63, 3.8) is 0 Å². The van der Waals surface area contributed by atoms with Crippen molar-refractivity contribution in [3.8, 4) is 17.0 Å². The maximum atomic E-state index is 14.9. The third kappa shape index (κ3) is 10.3. The molecule has 0 radical (unpaired) electrons. The van der Waals surface area contributed by atoms with Gasteiger partial charge in [-0.25, -0.2) is 27.4 Å². The van der Waals surface area contributed by atoms with Crippen molar-refractivity contribution in [1.82, 2.24) is 35.5 Å². The Bertz CT molecular complexity index is 2400. The monoisotopic (exact) mass is 955 g/mol. The van der Waals surface area contributed by atoms with E-state index in [2.05, 4.69) is 25.7 Å². The van der Waals surface area contributed by atoms with E-state index in [9.17, 15) is 46.7 Å². The SMILES string of the molecule is CC(C)(C)OC(=O)NC1(COC(=O)N[C@H]2CCCCC/C=C\[C@@H]3C[C@]3(C(=O)NS(=O)(=O)C3CC3)NC(=O)[C@@H]3[C@H]4CN(C(=O)c5nc(-c6ccc(O)c(F)c6)cs5)C[C@H]4CN3C2=O)CCCC1. The number of allylic oxidation sites excluding steroid dienone is 1. The van der Waals surface area contributed by atoms with Gasteiger partial charge in [-0.05, 0) is 90.3 Å². The first kappa shape index (κ1) is 47.2. The molecule has 6 amide bonds. The Hall–Kier alpha value is -5.31. The molecular formula is C45H58FN7O11S2. The van der Waals surface area contributed by atoms with Crippen LogP contribution in [0.2, 0.25) is 0 Å². The van der Waals surface area contributed by atoms with Crippen LogP contribution in [0.15, 0.2) is 35.7 Å². The second kappa shape index (κ2) is 18.4. The number of rotatable bonds is 9. The third-order valence-electron chi connectivity index (χ3n) is 13.5. The molecule has 3 aliphatic carbocycles. The van der Waals surface area contributed by atoms with Gasteiger partial charge in [0.05, 0.1) is 16.5 Å². The highest BCUT2D eigenvalue weighted by molar-refractivity contribution is 7.91. The topological polar surface area (TPSA) is 243 Å². The zero-order chi connectivity index (χ0) is 47.2. The maximum absolute atomic E-state index is 14.9. The minimum atomic E-state index is -3.98. The molecule has 18 nitrogen and oxygen atoms in total. The number of benzene rings is 1. The highest BCUT2D eigenvalue weighted by Gasteiger charge is 2.63. The van der Waals surface area contributed by atoms with E-state index in [1.165, 1.54) is 17.0 Å². The fraction of sp³-hybridized carbons (Fsp3) is 0.622. The fourth-order valence-corrected chi connectivity index (χ4v) is 12.0. The Morgan fingerprint density at radius 3 is 2.48 bits per heavy atom. The van der Waals surface area contributed by atoms with E-state index in [0.29, 0.717) is 56.2 Å². The summed E-state index contributed by atoms with van der Waals surface area (Å²) in [6.07, 6.45) is 8.70. The number of phenols is 1. The Labute approximate surface area is 386 Å². The summed E-state index contributed by atoms with van der Waals surface area (Å²) in [5.74, 6) is -5.46. The van der Waals surface area contributed by atoms with Gasteiger partial charge in [-0.2, -0.15) is 0 Å². The number of aromatic hydroxyl groups is 1. The van der Waals surface area contributed by atoms with Gasteiger partial charge >= 0.3 is 12.2 Å². The number of sulfonamides is 1. The Morgan fingerprint density at radius 1 is 1.02 bits per heavy atom. The number of nitrogens with zero attached hydrogens (tertiary/aromatic N) is 3. The Morgan fingerprint density at radius 2 is 1.77 bits per heavy atom. The van der Waals surface area contributed by atoms with Gasteiger partial charge in [0, 0.05) is 48.3 Å². The molecule has 21 heteroatoms. The van der Waals surface area contributed by atoms with E-state index in [1.54, 1.807) is 31.1 Å². The van der Waals surface area contributed by atoms with Gasteiger partial charge in [0.25, 0.3) is 11.8 Å². The molecule has 5 fully saturated rings. The molecule has 8 rings (SSSR count). The first-order valence-corrected chi connectivity index (χ1v) is 25.2. The van der Waals surface area contributed by atoms with Gasteiger partial charge in [0.2, 0.25) is 21.8 Å². The Balaban J connectivity index is 1.04. The number of phenolic OH excluding ortho intramolecular Hbond substituents is 1. The summed E-state index contributed by atoms with van der Waals surface area (Å²) in [5.41, 5.74) is -2.52.